The Bertz CT molecular complexity index is 1200. The van der Waals surface area contributed by atoms with E-state index in [9.17, 15) is 19.2 Å². The van der Waals surface area contributed by atoms with Crippen LogP contribution in [0.4, 0.5) is 5.69 Å². The van der Waals surface area contributed by atoms with Gasteiger partial charge in [0, 0.05) is 22.6 Å². The maximum absolute atomic E-state index is 12.6. The summed E-state index contributed by atoms with van der Waals surface area (Å²) in [5.41, 5.74) is 1.40. The summed E-state index contributed by atoms with van der Waals surface area (Å²) in [6.45, 7) is 5.31. The Kier molecular flexibility index (Phi) is 7.14. The number of ether oxygens (including phenoxy) is 1. The number of hydrogen-bond acceptors (Lipinski definition) is 6. The standard InChI is InChI=1S/C24H25N3O5/c1-15(2)24(31)26-18-10-8-17(9-11-18)23(30)16(3)32-22(29)12-13-27-20-7-5-4-6-19(20)21(28)14-25-27/h4-11,14-16H,12-13H2,1-3H3,(H,26,31). The van der Waals surface area contributed by atoms with Gasteiger partial charge in [-0.1, -0.05) is 26.0 Å². The number of aromatic nitrogens is 2. The zero-order valence-corrected chi connectivity index (χ0v) is 18.2. The SMILES string of the molecule is CC(C)C(=O)Nc1ccc(C(=O)C(C)OC(=O)CCn2ncc(=O)c3ccccc32)cc1. The monoisotopic (exact) mass is 435 g/mol. The molecule has 0 saturated carbocycles. The van der Waals surface area contributed by atoms with Gasteiger partial charge in [-0.05, 0) is 43.3 Å². The normalized spacial score (nSPS) is 11.9. The predicted molar refractivity (Wildman–Crippen MR) is 120 cm³/mol. The zero-order valence-electron chi connectivity index (χ0n) is 18.2. The minimum atomic E-state index is -0.961. The Morgan fingerprint density at radius 1 is 1.03 bits per heavy atom. The molecule has 0 aliphatic heterocycles. The molecule has 0 bridgehead atoms. The Morgan fingerprint density at radius 3 is 2.41 bits per heavy atom. The molecule has 8 heteroatoms. The number of amides is 1. The highest BCUT2D eigenvalue weighted by Gasteiger charge is 2.20. The van der Waals surface area contributed by atoms with E-state index in [1.807, 2.05) is 0 Å². The fourth-order valence-electron chi connectivity index (χ4n) is 3.09. The van der Waals surface area contributed by atoms with Gasteiger partial charge < -0.3 is 10.1 Å². The van der Waals surface area contributed by atoms with Crippen LogP contribution in [0.1, 0.15) is 37.6 Å². The lowest BCUT2D eigenvalue weighted by molar-refractivity contribution is -0.146. The van der Waals surface area contributed by atoms with Crippen molar-refractivity contribution in [2.75, 3.05) is 5.32 Å². The first-order valence-corrected chi connectivity index (χ1v) is 10.4. The molecule has 0 fully saturated rings. The molecule has 2 aromatic carbocycles. The van der Waals surface area contributed by atoms with Crippen LogP contribution in [0.15, 0.2) is 59.5 Å². The van der Waals surface area contributed by atoms with Gasteiger partial charge in [0.25, 0.3) is 0 Å². The molecule has 1 aromatic heterocycles. The molecule has 0 spiro atoms. The first-order valence-electron chi connectivity index (χ1n) is 10.4. The summed E-state index contributed by atoms with van der Waals surface area (Å²) in [4.78, 5) is 48.5. The number of nitrogens with one attached hydrogen (secondary N) is 1. The van der Waals surface area contributed by atoms with Crippen molar-refractivity contribution in [2.24, 2.45) is 5.92 Å². The van der Waals surface area contributed by atoms with Crippen molar-refractivity contribution < 1.29 is 19.1 Å². The molecule has 1 atom stereocenters. The lowest BCUT2D eigenvalue weighted by atomic mass is 10.1. The molecule has 0 aliphatic rings. The van der Waals surface area contributed by atoms with Crippen LogP contribution < -0.4 is 10.7 Å². The van der Waals surface area contributed by atoms with Gasteiger partial charge in [-0.15, -0.1) is 0 Å². The molecule has 3 rings (SSSR count). The van der Waals surface area contributed by atoms with Crippen LogP contribution in [0, 0.1) is 5.92 Å². The molecular formula is C24H25N3O5. The number of carbonyl (C=O) groups excluding carboxylic acids is 3. The number of aryl methyl sites for hydroxylation is 1. The summed E-state index contributed by atoms with van der Waals surface area (Å²) in [7, 11) is 0. The average molecular weight is 435 g/mol. The lowest BCUT2D eigenvalue weighted by Crippen LogP contribution is -2.25. The Balaban J connectivity index is 1.57. The van der Waals surface area contributed by atoms with Gasteiger partial charge in [0.05, 0.1) is 24.7 Å². The van der Waals surface area contributed by atoms with Gasteiger partial charge in [-0.2, -0.15) is 5.10 Å². The molecule has 1 heterocycles. The molecule has 0 radical (unpaired) electrons. The van der Waals surface area contributed by atoms with Crippen molar-refractivity contribution >= 4 is 34.3 Å². The van der Waals surface area contributed by atoms with Gasteiger partial charge in [-0.25, -0.2) is 0 Å². The quantitative estimate of drug-likeness (QED) is 0.430. The molecule has 1 amide bonds. The molecule has 1 unspecified atom stereocenters. The predicted octanol–water partition coefficient (Wildman–Crippen LogP) is 3.20. The fourth-order valence-corrected chi connectivity index (χ4v) is 3.09. The zero-order chi connectivity index (χ0) is 23.3. The number of carbonyl (C=O) groups is 3. The van der Waals surface area contributed by atoms with E-state index in [-0.39, 0.29) is 36.0 Å². The molecule has 8 nitrogen and oxygen atoms in total. The highest BCUT2D eigenvalue weighted by molar-refractivity contribution is 6.01. The smallest absolute Gasteiger partial charge is 0.308 e. The van der Waals surface area contributed by atoms with Gasteiger partial charge in [-0.3, -0.25) is 23.9 Å². The van der Waals surface area contributed by atoms with Crippen molar-refractivity contribution in [1.82, 2.24) is 9.78 Å². The summed E-state index contributed by atoms with van der Waals surface area (Å²) in [5.74, 6) is -1.15. The minimum absolute atomic E-state index is 0.00233. The second kappa shape index (κ2) is 10.00. The number of anilines is 1. The van der Waals surface area contributed by atoms with Gasteiger partial charge in [0.15, 0.2) is 6.10 Å². The van der Waals surface area contributed by atoms with Crippen molar-refractivity contribution in [2.45, 2.75) is 39.8 Å². The number of ketones is 1. The topological polar surface area (TPSA) is 107 Å². The van der Waals surface area contributed by atoms with Gasteiger partial charge in [0.1, 0.15) is 0 Å². The molecular weight excluding hydrogens is 410 g/mol. The first kappa shape index (κ1) is 22.9. The van der Waals surface area contributed by atoms with E-state index in [1.165, 1.54) is 13.1 Å². The van der Waals surface area contributed by atoms with Crippen molar-refractivity contribution in [3.63, 3.8) is 0 Å². The van der Waals surface area contributed by atoms with E-state index in [2.05, 4.69) is 10.4 Å². The van der Waals surface area contributed by atoms with E-state index >= 15 is 0 Å². The number of hydrogen-bond donors (Lipinski definition) is 1. The largest absolute Gasteiger partial charge is 0.454 e. The number of para-hydroxylation sites is 1. The summed E-state index contributed by atoms with van der Waals surface area (Å²) in [5, 5.41) is 7.35. The number of esters is 1. The van der Waals surface area contributed by atoms with E-state index in [0.29, 0.717) is 22.2 Å². The fraction of sp³-hybridized carbons (Fsp3) is 0.292. The number of nitrogens with zero attached hydrogens (tertiary/aromatic N) is 2. The van der Waals surface area contributed by atoms with Gasteiger partial charge in [0.2, 0.25) is 17.1 Å². The molecule has 0 saturated heterocycles. The third kappa shape index (κ3) is 5.46. The molecule has 32 heavy (non-hydrogen) atoms. The van der Waals surface area contributed by atoms with Crippen molar-refractivity contribution in [3.8, 4) is 0 Å². The highest BCUT2D eigenvalue weighted by Crippen LogP contribution is 2.14. The van der Waals surface area contributed by atoms with Crippen LogP contribution in [0.5, 0.6) is 0 Å². The van der Waals surface area contributed by atoms with Crippen LogP contribution in [0.25, 0.3) is 10.9 Å². The van der Waals surface area contributed by atoms with Crippen LogP contribution in [-0.2, 0) is 20.9 Å². The Hall–Kier alpha value is -3.81. The number of rotatable bonds is 8. The first-order chi connectivity index (χ1) is 15.3. The Morgan fingerprint density at radius 2 is 1.72 bits per heavy atom. The number of fused-ring (bicyclic) bond motifs is 1. The maximum Gasteiger partial charge on any atom is 0.308 e. The van der Waals surface area contributed by atoms with Crippen molar-refractivity contribution in [1.29, 1.82) is 0 Å². The van der Waals surface area contributed by atoms with E-state index in [0.717, 1.165) is 0 Å². The molecule has 1 N–H and O–H groups in total. The molecule has 0 aliphatic carbocycles. The highest BCUT2D eigenvalue weighted by atomic mass is 16.5. The van der Waals surface area contributed by atoms with E-state index in [4.69, 9.17) is 4.74 Å². The third-order valence-corrected chi connectivity index (χ3v) is 4.93. The summed E-state index contributed by atoms with van der Waals surface area (Å²) < 4.78 is 6.85. The Labute approximate surface area is 185 Å². The lowest BCUT2D eigenvalue weighted by Gasteiger charge is -2.14. The third-order valence-electron chi connectivity index (χ3n) is 4.93. The summed E-state index contributed by atoms with van der Waals surface area (Å²) in [6, 6.07) is 13.4. The molecule has 3 aromatic rings. The maximum atomic E-state index is 12.6. The second-order valence-corrected chi connectivity index (χ2v) is 7.72. The number of benzene rings is 2. The summed E-state index contributed by atoms with van der Waals surface area (Å²) >= 11 is 0. The average Bonchev–Trinajstić information content (AvgIpc) is 2.78. The van der Waals surface area contributed by atoms with E-state index < -0.39 is 12.1 Å². The second-order valence-electron chi connectivity index (χ2n) is 7.72. The van der Waals surface area contributed by atoms with Crippen molar-refractivity contribution in [3.05, 3.63) is 70.5 Å². The number of Topliss-reactive ketones (excluding diaryl/α,β-unsaturated/α-hetero) is 1. The minimum Gasteiger partial charge on any atom is -0.454 e. The molecule has 166 valence electrons. The van der Waals surface area contributed by atoms with E-state index in [1.54, 1.807) is 67.1 Å². The van der Waals surface area contributed by atoms with Crippen LogP contribution >= 0.6 is 0 Å². The van der Waals surface area contributed by atoms with Crippen LogP contribution in [0.3, 0.4) is 0 Å². The van der Waals surface area contributed by atoms with Crippen LogP contribution in [0.2, 0.25) is 0 Å². The summed E-state index contributed by atoms with van der Waals surface area (Å²) in [6.07, 6.45) is 0.252. The van der Waals surface area contributed by atoms with Gasteiger partial charge >= 0.3 is 5.97 Å². The van der Waals surface area contributed by atoms with Crippen LogP contribution in [-0.4, -0.2) is 33.5 Å².